The van der Waals surface area contributed by atoms with Crippen molar-refractivity contribution in [3.8, 4) is 23.2 Å². The van der Waals surface area contributed by atoms with Crippen molar-refractivity contribution < 1.29 is 9.53 Å². The average Bonchev–Trinajstić information content (AvgIpc) is 3.16. The molecule has 3 rings (SSSR count). The number of amides is 1. The maximum Gasteiger partial charge on any atom is 0.234 e. The fourth-order valence-electron chi connectivity index (χ4n) is 2.82. The van der Waals surface area contributed by atoms with Gasteiger partial charge in [0.15, 0.2) is 11.0 Å². The Morgan fingerprint density at radius 3 is 2.69 bits per heavy atom. The van der Waals surface area contributed by atoms with Crippen LogP contribution in [0, 0.1) is 11.3 Å². The maximum absolute atomic E-state index is 12.4. The highest BCUT2D eigenvalue weighted by Gasteiger charge is 2.17. The molecule has 0 bridgehead atoms. The lowest BCUT2D eigenvalue weighted by Gasteiger charge is -2.11. The number of nitrogens with one attached hydrogen (secondary N) is 1. The Kier molecular flexibility index (Phi) is 6.87. The lowest BCUT2D eigenvalue weighted by Crippen LogP contribution is -2.15. The van der Waals surface area contributed by atoms with Gasteiger partial charge in [0.05, 0.1) is 29.2 Å². The number of ether oxygens (including phenoxy) is 1. The van der Waals surface area contributed by atoms with E-state index >= 15 is 0 Å². The number of benzene rings is 2. The van der Waals surface area contributed by atoms with Crippen molar-refractivity contribution in [1.82, 2.24) is 14.8 Å². The Labute approximate surface area is 173 Å². The molecule has 7 nitrogen and oxygen atoms in total. The number of carbonyl (C=O) groups is 1. The molecule has 148 valence electrons. The summed E-state index contributed by atoms with van der Waals surface area (Å²) in [5, 5.41) is 21.2. The molecule has 8 heteroatoms. The van der Waals surface area contributed by atoms with E-state index in [1.807, 2.05) is 42.7 Å². The highest BCUT2D eigenvalue weighted by molar-refractivity contribution is 7.99. The van der Waals surface area contributed by atoms with E-state index < -0.39 is 0 Å². The van der Waals surface area contributed by atoms with E-state index in [2.05, 4.69) is 21.6 Å². The Balaban J connectivity index is 1.75. The largest absolute Gasteiger partial charge is 0.493 e. The van der Waals surface area contributed by atoms with Gasteiger partial charge in [-0.05, 0) is 38.1 Å². The molecule has 1 heterocycles. The van der Waals surface area contributed by atoms with Gasteiger partial charge in [-0.3, -0.25) is 4.79 Å². The number of carbonyl (C=O) groups excluding carboxylic acids is 1. The highest BCUT2D eigenvalue weighted by Crippen LogP contribution is 2.31. The number of nitrogens with zero attached hydrogens (tertiary/aromatic N) is 4. The van der Waals surface area contributed by atoms with Gasteiger partial charge in [-0.1, -0.05) is 36.0 Å². The number of rotatable bonds is 8. The fraction of sp³-hybridized carbons (Fsp3) is 0.238. The third-order valence-electron chi connectivity index (χ3n) is 4.11. The number of aromatic nitrogens is 3. The van der Waals surface area contributed by atoms with Crippen molar-refractivity contribution in [2.24, 2.45) is 0 Å². The molecule has 0 aliphatic carbocycles. The molecule has 0 fully saturated rings. The van der Waals surface area contributed by atoms with Gasteiger partial charge in [-0.25, -0.2) is 0 Å². The van der Waals surface area contributed by atoms with Gasteiger partial charge in [-0.15, -0.1) is 10.2 Å². The summed E-state index contributed by atoms with van der Waals surface area (Å²) in [5.41, 5.74) is 1.80. The Morgan fingerprint density at radius 2 is 1.93 bits per heavy atom. The summed E-state index contributed by atoms with van der Waals surface area (Å²) in [5.74, 6) is 1.40. The third-order valence-corrected chi connectivity index (χ3v) is 5.08. The summed E-state index contributed by atoms with van der Waals surface area (Å²) in [4.78, 5) is 12.4. The second kappa shape index (κ2) is 9.75. The Hall–Kier alpha value is -3.31. The zero-order valence-electron chi connectivity index (χ0n) is 16.3. The maximum atomic E-state index is 12.4. The van der Waals surface area contributed by atoms with E-state index in [9.17, 15) is 4.79 Å². The highest BCUT2D eigenvalue weighted by atomic mass is 32.2. The second-order valence-corrected chi connectivity index (χ2v) is 6.92. The number of para-hydroxylation sites is 2. The first-order chi connectivity index (χ1) is 14.2. The first-order valence-electron chi connectivity index (χ1n) is 9.25. The number of hydrogen-bond acceptors (Lipinski definition) is 6. The summed E-state index contributed by atoms with van der Waals surface area (Å²) in [7, 11) is 0. The molecule has 1 amide bonds. The zero-order chi connectivity index (χ0) is 20.6. The minimum atomic E-state index is -0.209. The van der Waals surface area contributed by atoms with Crippen molar-refractivity contribution >= 4 is 23.4 Å². The topological polar surface area (TPSA) is 92.8 Å². The van der Waals surface area contributed by atoms with Gasteiger partial charge in [-0.2, -0.15) is 5.26 Å². The molecule has 0 unspecified atom stereocenters. The molecule has 0 spiro atoms. The van der Waals surface area contributed by atoms with Crippen molar-refractivity contribution in [2.45, 2.75) is 25.5 Å². The van der Waals surface area contributed by atoms with Crippen LogP contribution in [0.5, 0.6) is 5.75 Å². The second-order valence-electron chi connectivity index (χ2n) is 5.97. The van der Waals surface area contributed by atoms with Gasteiger partial charge in [0.2, 0.25) is 5.91 Å². The predicted molar refractivity (Wildman–Crippen MR) is 113 cm³/mol. The van der Waals surface area contributed by atoms with Crippen molar-refractivity contribution in [2.75, 3.05) is 17.7 Å². The lowest BCUT2D eigenvalue weighted by atomic mass is 10.2. The molecule has 0 aliphatic rings. The zero-order valence-corrected chi connectivity index (χ0v) is 17.1. The van der Waals surface area contributed by atoms with Crippen LogP contribution in [-0.4, -0.2) is 33.0 Å². The summed E-state index contributed by atoms with van der Waals surface area (Å²) in [6, 6.07) is 16.7. The van der Waals surface area contributed by atoms with Crippen LogP contribution < -0.4 is 10.1 Å². The van der Waals surface area contributed by atoms with Crippen LogP contribution >= 0.6 is 11.8 Å². The van der Waals surface area contributed by atoms with Crippen molar-refractivity contribution in [3.05, 3.63) is 54.1 Å². The molecule has 0 saturated heterocycles. The van der Waals surface area contributed by atoms with Gasteiger partial charge in [0, 0.05) is 6.54 Å². The van der Waals surface area contributed by atoms with Gasteiger partial charge >= 0.3 is 0 Å². The molecule has 1 aromatic heterocycles. The van der Waals surface area contributed by atoms with Gasteiger partial charge < -0.3 is 14.6 Å². The van der Waals surface area contributed by atoms with E-state index in [4.69, 9.17) is 10.00 Å². The van der Waals surface area contributed by atoms with E-state index in [1.165, 1.54) is 11.8 Å². The average molecular weight is 407 g/mol. The first-order valence-corrected chi connectivity index (χ1v) is 10.2. The molecule has 29 heavy (non-hydrogen) atoms. The van der Waals surface area contributed by atoms with E-state index in [0.717, 1.165) is 11.3 Å². The van der Waals surface area contributed by atoms with Gasteiger partial charge in [0.1, 0.15) is 11.8 Å². The molecule has 2 aromatic carbocycles. The van der Waals surface area contributed by atoms with E-state index in [0.29, 0.717) is 35.4 Å². The quantitative estimate of drug-likeness (QED) is 0.568. The molecular weight excluding hydrogens is 386 g/mol. The fourth-order valence-corrected chi connectivity index (χ4v) is 3.62. The number of anilines is 1. The van der Waals surface area contributed by atoms with Crippen LogP contribution in [0.4, 0.5) is 5.69 Å². The Morgan fingerprint density at radius 1 is 1.17 bits per heavy atom. The Bertz CT molecular complexity index is 1040. The van der Waals surface area contributed by atoms with Crippen LogP contribution in [0.1, 0.15) is 19.4 Å². The summed E-state index contributed by atoms with van der Waals surface area (Å²) in [6.45, 7) is 5.16. The monoisotopic (exact) mass is 407 g/mol. The molecule has 0 radical (unpaired) electrons. The molecule has 1 N–H and O–H groups in total. The van der Waals surface area contributed by atoms with Crippen LogP contribution in [0.3, 0.4) is 0 Å². The van der Waals surface area contributed by atoms with Crippen molar-refractivity contribution in [3.63, 3.8) is 0 Å². The predicted octanol–water partition coefficient (Wildman–Crippen LogP) is 3.97. The number of nitriles is 1. The molecule has 0 atom stereocenters. The van der Waals surface area contributed by atoms with Crippen LogP contribution in [0.15, 0.2) is 53.7 Å². The van der Waals surface area contributed by atoms with E-state index in [-0.39, 0.29) is 11.7 Å². The van der Waals surface area contributed by atoms with Crippen LogP contribution in [0.25, 0.3) is 11.4 Å². The molecular formula is C21H21N5O2S. The number of thioether (sulfide) groups is 1. The first kappa shape index (κ1) is 20.4. The summed E-state index contributed by atoms with van der Waals surface area (Å²) in [6.07, 6.45) is 0. The van der Waals surface area contributed by atoms with Crippen LogP contribution in [0.2, 0.25) is 0 Å². The summed E-state index contributed by atoms with van der Waals surface area (Å²) >= 11 is 1.30. The smallest absolute Gasteiger partial charge is 0.234 e. The van der Waals surface area contributed by atoms with E-state index in [1.54, 1.807) is 24.3 Å². The molecule has 3 aromatic rings. The minimum absolute atomic E-state index is 0.158. The molecule has 0 aliphatic heterocycles. The van der Waals surface area contributed by atoms with Gasteiger partial charge in [0.25, 0.3) is 0 Å². The minimum Gasteiger partial charge on any atom is -0.493 e. The standard InChI is InChI=1S/C21H21N5O2S/c1-3-26-20(16-10-6-8-12-18(16)28-4-2)24-25-21(26)29-14-19(27)23-17-11-7-5-9-15(17)13-22/h5-12H,3-4,14H2,1-2H3,(H,23,27). The van der Waals surface area contributed by atoms with Crippen LogP contribution in [-0.2, 0) is 11.3 Å². The SMILES string of the molecule is CCOc1ccccc1-c1nnc(SCC(=O)Nc2ccccc2C#N)n1CC. The normalized spacial score (nSPS) is 10.4. The third kappa shape index (κ3) is 4.76. The number of hydrogen-bond donors (Lipinski definition) is 1. The lowest BCUT2D eigenvalue weighted by molar-refractivity contribution is -0.113. The molecule has 0 saturated carbocycles. The summed E-state index contributed by atoms with van der Waals surface area (Å²) < 4.78 is 7.67. The van der Waals surface area contributed by atoms with Crippen molar-refractivity contribution in [1.29, 1.82) is 5.26 Å².